The van der Waals surface area contributed by atoms with Crippen molar-refractivity contribution in [3.63, 3.8) is 0 Å². The van der Waals surface area contributed by atoms with Crippen LogP contribution in [0.2, 0.25) is 0 Å². The van der Waals surface area contributed by atoms with Crippen molar-refractivity contribution in [1.82, 2.24) is 10.2 Å². The number of nitrogens with zero attached hydrogens (tertiary/aromatic N) is 1. The summed E-state index contributed by atoms with van der Waals surface area (Å²) in [6.07, 6.45) is 0.728. The molecule has 0 spiro atoms. The number of piperidine rings is 1. The zero-order valence-electron chi connectivity index (χ0n) is 18.2. The highest BCUT2D eigenvalue weighted by atomic mass is 19.1. The maximum Gasteiger partial charge on any atom is 0.224 e. The molecule has 1 aliphatic heterocycles. The number of likely N-dealkylation sites (tertiary alicyclic amines) is 1. The highest BCUT2D eigenvalue weighted by molar-refractivity contribution is 5.79. The maximum atomic E-state index is 14.3. The van der Waals surface area contributed by atoms with E-state index in [-0.39, 0.29) is 35.9 Å². The number of hydrogen-bond acceptors (Lipinski definition) is 2. The molecule has 0 unspecified atom stereocenters. The molecule has 166 valence electrons. The summed E-state index contributed by atoms with van der Waals surface area (Å²) in [5.41, 5.74) is 3.75. The second-order valence-corrected chi connectivity index (χ2v) is 8.68. The molecule has 0 aromatic heterocycles. The summed E-state index contributed by atoms with van der Waals surface area (Å²) in [5.74, 6) is -0.637. The fraction of sp³-hybridized carbons (Fsp3) is 0.296. The zero-order chi connectivity index (χ0) is 22.5. The summed E-state index contributed by atoms with van der Waals surface area (Å²) < 4.78 is 27.7. The lowest BCUT2D eigenvalue weighted by atomic mass is 9.83. The molecule has 1 amide bonds. The Morgan fingerprint density at radius 1 is 1.00 bits per heavy atom. The minimum Gasteiger partial charge on any atom is -0.352 e. The summed E-state index contributed by atoms with van der Waals surface area (Å²) in [7, 11) is 0. The molecule has 1 N–H and O–H groups in total. The highest BCUT2D eigenvalue weighted by Gasteiger charge is 2.32. The predicted octanol–water partition coefficient (Wildman–Crippen LogP) is 5.20. The fourth-order valence-corrected chi connectivity index (χ4v) is 4.52. The molecular weight excluding hydrogens is 406 g/mol. The van der Waals surface area contributed by atoms with Gasteiger partial charge in [-0.3, -0.25) is 9.69 Å². The Hall–Kier alpha value is -3.05. The van der Waals surface area contributed by atoms with Gasteiger partial charge in [0.2, 0.25) is 5.91 Å². The zero-order valence-corrected chi connectivity index (χ0v) is 18.2. The molecule has 0 radical (unpaired) electrons. The van der Waals surface area contributed by atoms with Crippen molar-refractivity contribution < 1.29 is 13.6 Å². The molecule has 3 aromatic rings. The van der Waals surface area contributed by atoms with Crippen molar-refractivity contribution in [2.75, 3.05) is 13.1 Å². The van der Waals surface area contributed by atoms with Crippen LogP contribution in [-0.4, -0.2) is 23.9 Å². The van der Waals surface area contributed by atoms with Crippen molar-refractivity contribution >= 4 is 5.91 Å². The largest absolute Gasteiger partial charge is 0.352 e. The van der Waals surface area contributed by atoms with Crippen LogP contribution in [-0.2, 0) is 17.9 Å². The van der Waals surface area contributed by atoms with E-state index in [4.69, 9.17) is 0 Å². The van der Waals surface area contributed by atoms with Crippen LogP contribution in [0.1, 0.15) is 34.6 Å². The van der Waals surface area contributed by atoms with Crippen molar-refractivity contribution in [2.45, 2.75) is 32.4 Å². The average Bonchev–Trinajstić information content (AvgIpc) is 2.79. The van der Waals surface area contributed by atoms with Crippen LogP contribution in [0.4, 0.5) is 8.78 Å². The van der Waals surface area contributed by atoms with Crippen molar-refractivity contribution in [2.24, 2.45) is 5.92 Å². The Labute approximate surface area is 188 Å². The molecule has 1 saturated heterocycles. The van der Waals surface area contributed by atoms with Gasteiger partial charge in [-0.05, 0) is 48.6 Å². The molecule has 2 atom stereocenters. The molecule has 0 aliphatic carbocycles. The Balaban J connectivity index is 1.50. The standard InChI is InChI=1S/C27H28F2N2O/c1-19-6-4-9-21(12-19)23-14-24(27(32)30-15-20-7-5-10-25(28)13-20)18-31(17-23)16-22-8-2-3-11-26(22)29/h2-13,23-24H,14-18H2,1H3,(H,30,32)/t23-,24+/m0/s1. The first kappa shape index (κ1) is 22.2. The van der Waals surface area contributed by atoms with E-state index in [0.717, 1.165) is 18.5 Å². The third-order valence-electron chi connectivity index (χ3n) is 6.12. The Morgan fingerprint density at radius 2 is 1.81 bits per heavy atom. The molecule has 3 nitrogen and oxygen atoms in total. The van der Waals surface area contributed by atoms with Gasteiger partial charge >= 0.3 is 0 Å². The average molecular weight is 435 g/mol. The fourth-order valence-electron chi connectivity index (χ4n) is 4.52. The van der Waals surface area contributed by atoms with Gasteiger partial charge in [-0.2, -0.15) is 0 Å². The first-order valence-corrected chi connectivity index (χ1v) is 11.0. The third kappa shape index (κ3) is 5.60. The van der Waals surface area contributed by atoms with Crippen LogP contribution in [0.5, 0.6) is 0 Å². The van der Waals surface area contributed by atoms with Gasteiger partial charge in [0.25, 0.3) is 0 Å². The third-order valence-corrected chi connectivity index (χ3v) is 6.12. The van der Waals surface area contributed by atoms with Gasteiger partial charge < -0.3 is 5.32 Å². The summed E-state index contributed by atoms with van der Waals surface area (Å²) >= 11 is 0. The normalized spacial score (nSPS) is 19.0. The summed E-state index contributed by atoms with van der Waals surface area (Å²) in [6, 6.07) is 21.4. The van der Waals surface area contributed by atoms with Gasteiger partial charge in [0.15, 0.2) is 0 Å². The van der Waals surface area contributed by atoms with Gasteiger partial charge in [-0.1, -0.05) is 60.2 Å². The lowest BCUT2D eigenvalue weighted by Crippen LogP contribution is -2.45. The van der Waals surface area contributed by atoms with Gasteiger partial charge in [-0.15, -0.1) is 0 Å². The van der Waals surface area contributed by atoms with E-state index in [0.29, 0.717) is 18.7 Å². The summed E-state index contributed by atoms with van der Waals surface area (Å²) in [4.78, 5) is 15.2. The van der Waals surface area contributed by atoms with E-state index in [2.05, 4.69) is 35.3 Å². The van der Waals surface area contributed by atoms with Gasteiger partial charge in [0.1, 0.15) is 11.6 Å². The number of aryl methyl sites for hydroxylation is 1. The van der Waals surface area contributed by atoms with Crippen LogP contribution < -0.4 is 5.32 Å². The molecule has 1 fully saturated rings. The number of benzene rings is 3. The molecule has 0 saturated carbocycles. The monoisotopic (exact) mass is 434 g/mol. The molecule has 3 aromatic carbocycles. The molecule has 1 heterocycles. The lowest BCUT2D eigenvalue weighted by molar-refractivity contribution is -0.127. The molecule has 0 bridgehead atoms. The van der Waals surface area contributed by atoms with E-state index in [1.165, 1.54) is 29.3 Å². The quantitative estimate of drug-likeness (QED) is 0.579. The van der Waals surface area contributed by atoms with Gasteiger partial charge in [0.05, 0.1) is 5.92 Å². The second-order valence-electron chi connectivity index (χ2n) is 8.68. The Bertz CT molecular complexity index is 1080. The first-order chi connectivity index (χ1) is 15.5. The van der Waals surface area contributed by atoms with Crippen LogP contribution >= 0.6 is 0 Å². The van der Waals surface area contributed by atoms with Crippen molar-refractivity contribution in [3.8, 4) is 0 Å². The highest BCUT2D eigenvalue weighted by Crippen LogP contribution is 2.32. The van der Waals surface area contributed by atoms with E-state index in [9.17, 15) is 13.6 Å². The number of hydrogen-bond donors (Lipinski definition) is 1. The number of amides is 1. The number of carbonyl (C=O) groups is 1. The second kappa shape index (κ2) is 10.0. The van der Waals surface area contributed by atoms with Crippen LogP contribution in [0.25, 0.3) is 0 Å². The summed E-state index contributed by atoms with van der Waals surface area (Å²) in [6.45, 7) is 4.14. The number of nitrogens with one attached hydrogen (secondary N) is 1. The lowest BCUT2D eigenvalue weighted by Gasteiger charge is -2.37. The van der Waals surface area contributed by atoms with Gasteiger partial charge in [0, 0.05) is 31.7 Å². The summed E-state index contributed by atoms with van der Waals surface area (Å²) in [5, 5.41) is 2.97. The van der Waals surface area contributed by atoms with Gasteiger partial charge in [-0.25, -0.2) is 8.78 Å². The van der Waals surface area contributed by atoms with E-state index < -0.39 is 0 Å². The smallest absolute Gasteiger partial charge is 0.224 e. The topological polar surface area (TPSA) is 32.3 Å². The Morgan fingerprint density at radius 3 is 2.59 bits per heavy atom. The number of halogens is 2. The first-order valence-electron chi connectivity index (χ1n) is 11.0. The molecule has 5 heteroatoms. The molecular formula is C27H28F2N2O. The minimum atomic E-state index is -0.315. The van der Waals surface area contributed by atoms with Crippen molar-refractivity contribution in [3.05, 3.63) is 107 Å². The minimum absolute atomic E-state index is 0.0508. The maximum absolute atomic E-state index is 14.3. The van der Waals surface area contributed by atoms with Crippen molar-refractivity contribution in [1.29, 1.82) is 0 Å². The van der Waals surface area contributed by atoms with E-state index in [1.807, 2.05) is 12.1 Å². The molecule has 32 heavy (non-hydrogen) atoms. The number of carbonyl (C=O) groups excluding carboxylic acids is 1. The van der Waals surface area contributed by atoms with Crippen LogP contribution in [0.3, 0.4) is 0 Å². The number of rotatable bonds is 6. The molecule has 4 rings (SSSR count). The predicted molar refractivity (Wildman–Crippen MR) is 122 cm³/mol. The molecule has 1 aliphatic rings. The van der Waals surface area contributed by atoms with E-state index >= 15 is 0 Å². The Kier molecular flexibility index (Phi) is 6.96. The SMILES string of the molecule is Cc1cccc([C@H]2C[C@@H](C(=O)NCc3cccc(F)c3)CN(Cc3ccccc3F)C2)c1. The van der Waals surface area contributed by atoms with E-state index in [1.54, 1.807) is 24.3 Å². The van der Waals surface area contributed by atoms with Crippen LogP contribution in [0.15, 0.2) is 72.8 Å². The van der Waals surface area contributed by atoms with Crippen LogP contribution in [0, 0.1) is 24.5 Å².